The van der Waals surface area contributed by atoms with Gasteiger partial charge in [-0.1, -0.05) is 24.4 Å². The second-order valence-electron chi connectivity index (χ2n) is 4.21. The van der Waals surface area contributed by atoms with E-state index in [1.807, 2.05) is 7.05 Å². The summed E-state index contributed by atoms with van der Waals surface area (Å²) >= 11 is 5.97. The zero-order valence-corrected chi connectivity index (χ0v) is 9.84. The highest BCUT2D eigenvalue weighted by molar-refractivity contribution is 6.32. The topological polar surface area (TPSA) is 34.9 Å². The predicted molar refractivity (Wildman–Crippen MR) is 59.4 cm³/mol. The van der Waals surface area contributed by atoms with Crippen LogP contribution < -0.4 is 0 Å². The summed E-state index contributed by atoms with van der Waals surface area (Å²) < 4.78 is 1.77. The summed E-state index contributed by atoms with van der Waals surface area (Å²) in [6.45, 7) is 1.56. The first-order valence-corrected chi connectivity index (χ1v) is 5.72. The molecular formula is C11H15ClN2O. The lowest BCUT2D eigenvalue weighted by molar-refractivity contribution is 0.101. The number of carbonyl (C=O) groups is 1. The fourth-order valence-electron chi connectivity index (χ4n) is 2.50. The average molecular weight is 227 g/mol. The highest BCUT2D eigenvalue weighted by Gasteiger charge is 2.27. The van der Waals surface area contributed by atoms with Gasteiger partial charge in [-0.05, 0) is 19.8 Å². The van der Waals surface area contributed by atoms with Crippen molar-refractivity contribution in [2.24, 2.45) is 7.05 Å². The molecule has 1 aromatic rings. The summed E-state index contributed by atoms with van der Waals surface area (Å²) in [6.07, 6.45) is 4.78. The van der Waals surface area contributed by atoms with Crippen LogP contribution in [0.4, 0.5) is 0 Å². The molecule has 0 aromatic carbocycles. The van der Waals surface area contributed by atoms with E-state index in [0.29, 0.717) is 16.6 Å². The van der Waals surface area contributed by atoms with Crippen molar-refractivity contribution in [3.8, 4) is 0 Å². The Balaban J connectivity index is 2.47. The van der Waals surface area contributed by atoms with E-state index >= 15 is 0 Å². The second-order valence-corrected chi connectivity index (χ2v) is 4.57. The third-order valence-electron chi connectivity index (χ3n) is 3.14. The highest BCUT2D eigenvalue weighted by Crippen LogP contribution is 2.37. The first kappa shape index (κ1) is 10.7. The van der Waals surface area contributed by atoms with E-state index < -0.39 is 0 Å². The molecule has 0 bridgehead atoms. The van der Waals surface area contributed by atoms with Gasteiger partial charge in [0.1, 0.15) is 0 Å². The lowest BCUT2D eigenvalue weighted by atomic mass is 9.98. The monoisotopic (exact) mass is 226 g/mol. The Hall–Kier alpha value is -0.830. The fourth-order valence-corrected chi connectivity index (χ4v) is 2.84. The lowest BCUT2D eigenvalue weighted by Gasteiger charge is -2.11. The molecule has 0 saturated heterocycles. The maximum atomic E-state index is 11.5. The number of hydrogen-bond acceptors (Lipinski definition) is 2. The Morgan fingerprint density at radius 1 is 1.47 bits per heavy atom. The largest absolute Gasteiger partial charge is 0.294 e. The Morgan fingerprint density at radius 2 is 2.07 bits per heavy atom. The van der Waals surface area contributed by atoms with Crippen molar-refractivity contribution in [2.75, 3.05) is 0 Å². The number of aryl methyl sites for hydroxylation is 1. The molecule has 1 aromatic heterocycles. The van der Waals surface area contributed by atoms with Gasteiger partial charge in [-0.2, -0.15) is 5.10 Å². The molecule has 0 amide bonds. The standard InChI is InChI=1S/C11H15ClN2O/c1-7(15)9-10(8-5-3-4-6-8)14(2)13-11(9)12/h8H,3-6H2,1-2H3. The molecule has 4 heteroatoms. The highest BCUT2D eigenvalue weighted by atomic mass is 35.5. The van der Waals surface area contributed by atoms with Crippen LogP contribution in [0, 0.1) is 0 Å². The Morgan fingerprint density at radius 3 is 2.60 bits per heavy atom. The maximum absolute atomic E-state index is 11.5. The molecule has 1 aliphatic carbocycles. The Kier molecular flexibility index (Phi) is 2.83. The van der Waals surface area contributed by atoms with Gasteiger partial charge in [-0.3, -0.25) is 9.48 Å². The first-order chi connectivity index (χ1) is 7.11. The SMILES string of the molecule is CC(=O)c1c(Cl)nn(C)c1C1CCCC1. The van der Waals surface area contributed by atoms with E-state index in [-0.39, 0.29) is 5.78 Å². The number of ketones is 1. The van der Waals surface area contributed by atoms with Crippen LogP contribution in [0.3, 0.4) is 0 Å². The van der Waals surface area contributed by atoms with E-state index in [1.54, 1.807) is 11.6 Å². The minimum absolute atomic E-state index is 0.0231. The molecule has 0 atom stereocenters. The van der Waals surface area contributed by atoms with Gasteiger partial charge in [0.2, 0.25) is 0 Å². The van der Waals surface area contributed by atoms with Gasteiger partial charge < -0.3 is 0 Å². The number of halogens is 1. The molecule has 82 valence electrons. The molecule has 15 heavy (non-hydrogen) atoms. The van der Waals surface area contributed by atoms with Crippen LogP contribution in [0.2, 0.25) is 5.15 Å². The van der Waals surface area contributed by atoms with Crippen LogP contribution in [-0.4, -0.2) is 15.6 Å². The third-order valence-corrected chi connectivity index (χ3v) is 3.41. The van der Waals surface area contributed by atoms with E-state index in [1.165, 1.54) is 12.8 Å². The van der Waals surface area contributed by atoms with Crippen LogP contribution in [-0.2, 0) is 7.05 Å². The third kappa shape index (κ3) is 1.81. The molecule has 0 aliphatic heterocycles. The minimum Gasteiger partial charge on any atom is -0.294 e. The molecule has 1 heterocycles. The van der Waals surface area contributed by atoms with E-state index in [0.717, 1.165) is 18.5 Å². The number of rotatable bonds is 2. The molecule has 0 N–H and O–H groups in total. The number of hydrogen-bond donors (Lipinski definition) is 0. The number of Topliss-reactive ketones (excluding diaryl/α,β-unsaturated/α-hetero) is 1. The van der Waals surface area contributed by atoms with Crippen molar-refractivity contribution in [1.82, 2.24) is 9.78 Å². The smallest absolute Gasteiger partial charge is 0.164 e. The minimum atomic E-state index is 0.0231. The first-order valence-electron chi connectivity index (χ1n) is 5.34. The fraction of sp³-hybridized carbons (Fsp3) is 0.636. The molecule has 1 aliphatic rings. The summed E-state index contributed by atoms with van der Waals surface area (Å²) in [5, 5.41) is 4.49. The second kappa shape index (κ2) is 3.97. The van der Waals surface area contributed by atoms with Gasteiger partial charge >= 0.3 is 0 Å². The zero-order chi connectivity index (χ0) is 11.0. The summed E-state index contributed by atoms with van der Waals surface area (Å²) in [5.41, 5.74) is 1.66. The van der Waals surface area contributed by atoms with Crippen LogP contribution in [0.15, 0.2) is 0 Å². The molecule has 3 nitrogen and oxygen atoms in total. The number of carbonyl (C=O) groups excluding carboxylic acids is 1. The van der Waals surface area contributed by atoms with Gasteiger partial charge in [0, 0.05) is 13.0 Å². The molecule has 1 fully saturated rings. The van der Waals surface area contributed by atoms with E-state index in [9.17, 15) is 4.79 Å². The van der Waals surface area contributed by atoms with Crippen molar-refractivity contribution in [1.29, 1.82) is 0 Å². The van der Waals surface area contributed by atoms with Crippen molar-refractivity contribution < 1.29 is 4.79 Å². The van der Waals surface area contributed by atoms with Crippen LogP contribution in [0.5, 0.6) is 0 Å². The summed E-state index contributed by atoms with van der Waals surface area (Å²) in [5.74, 6) is 0.490. The Bertz CT molecular complexity index is 392. The number of nitrogens with zero attached hydrogens (tertiary/aromatic N) is 2. The van der Waals surface area contributed by atoms with Crippen molar-refractivity contribution in [2.45, 2.75) is 38.5 Å². The van der Waals surface area contributed by atoms with Crippen LogP contribution in [0.1, 0.15) is 54.6 Å². The van der Waals surface area contributed by atoms with Gasteiger partial charge in [-0.25, -0.2) is 0 Å². The summed E-state index contributed by atoms with van der Waals surface area (Å²) in [6, 6.07) is 0. The van der Waals surface area contributed by atoms with E-state index in [4.69, 9.17) is 11.6 Å². The number of aromatic nitrogens is 2. The lowest BCUT2D eigenvalue weighted by Crippen LogP contribution is -2.07. The van der Waals surface area contributed by atoms with Crippen LogP contribution in [0.25, 0.3) is 0 Å². The van der Waals surface area contributed by atoms with Crippen molar-refractivity contribution in [3.63, 3.8) is 0 Å². The maximum Gasteiger partial charge on any atom is 0.164 e. The van der Waals surface area contributed by atoms with Crippen molar-refractivity contribution >= 4 is 17.4 Å². The summed E-state index contributed by atoms with van der Waals surface area (Å²) in [4.78, 5) is 11.5. The average Bonchev–Trinajstić information content (AvgIpc) is 2.71. The van der Waals surface area contributed by atoms with Gasteiger partial charge in [0.05, 0.1) is 11.3 Å². The zero-order valence-electron chi connectivity index (χ0n) is 9.09. The van der Waals surface area contributed by atoms with Crippen molar-refractivity contribution in [3.05, 3.63) is 16.4 Å². The van der Waals surface area contributed by atoms with Crippen LogP contribution >= 0.6 is 11.6 Å². The summed E-state index contributed by atoms with van der Waals surface area (Å²) in [7, 11) is 1.87. The quantitative estimate of drug-likeness (QED) is 0.727. The Labute approximate surface area is 94.4 Å². The molecule has 0 spiro atoms. The molecule has 0 unspecified atom stereocenters. The van der Waals surface area contributed by atoms with Gasteiger partial charge in [0.25, 0.3) is 0 Å². The van der Waals surface area contributed by atoms with Gasteiger partial charge in [-0.15, -0.1) is 0 Å². The predicted octanol–water partition coefficient (Wildman–Crippen LogP) is 2.93. The molecular weight excluding hydrogens is 212 g/mol. The molecule has 1 saturated carbocycles. The molecule has 2 rings (SSSR count). The molecule has 0 radical (unpaired) electrons. The normalized spacial score (nSPS) is 17.3. The van der Waals surface area contributed by atoms with Gasteiger partial charge in [0.15, 0.2) is 10.9 Å². The van der Waals surface area contributed by atoms with E-state index in [2.05, 4.69) is 5.10 Å².